The maximum Gasteiger partial charge on any atom is 0.229 e. The zero-order chi connectivity index (χ0) is 18.5. The molecule has 0 atom stereocenters. The molecule has 0 amide bonds. The second kappa shape index (κ2) is 8.12. The topological polar surface area (TPSA) is 68.3 Å². The van der Waals surface area contributed by atoms with Crippen molar-refractivity contribution in [2.45, 2.75) is 0 Å². The number of hydrogen-bond donors (Lipinski definition) is 2. The Labute approximate surface area is 161 Å². The van der Waals surface area contributed by atoms with E-state index in [1.807, 2.05) is 12.1 Å². The second-order valence-corrected chi connectivity index (χ2v) is 6.05. The fourth-order valence-electron chi connectivity index (χ4n) is 2.25. The highest BCUT2D eigenvalue weighted by Crippen LogP contribution is 2.37. The molecule has 0 aliphatic heterocycles. The third-order valence-electron chi connectivity index (χ3n) is 3.49. The molecule has 0 bridgehead atoms. The van der Waals surface area contributed by atoms with Gasteiger partial charge in [-0.15, -0.1) is 0 Å². The van der Waals surface area contributed by atoms with Gasteiger partial charge in [0.15, 0.2) is 0 Å². The quantitative estimate of drug-likeness (QED) is 0.595. The third kappa shape index (κ3) is 4.28. The van der Waals surface area contributed by atoms with Crippen LogP contribution in [-0.2, 0) is 0 Å². The number of halogens is 2. The molecule has 3 rings (SSSR count). The van der Waals surface area contributed by atoms with Gasteiger partial charge in [0.25, 0.3) is 0 Å². The number of anilines is 4. The normalized spacial score (nSPS) is 10.3. The molecule has 6 nitrogen and oxygen atoms in total. The zero-order valence-electron chi connectivity index (χ0n) is 14.1. The second-order valence-electron chi connectivity index (χ2n) is 5.21. The number of rotatable bonds is 6. The van der Waals surface area contributed by atoms with E-state index in [4.69, 9.17) is 32.7 Å². The lowest BCUT2D eigenvalue weighted by Gasteiger charge is -2.14. The first-order valence-electron chi connectivity index (χ1n) is 7.63. The lowest BCUT2D eigenvalue weighted by molar-refractivity contribution is 0.405. The number of aromatic nitrogens is 2. The number of methoxy groups -OCH3 is 2. The molecule has 0 radical (unpaired) electrons. The van der Waals surface area contributed by atoms with Crippen molar-refractivity contribution in [2.24, 2.45) is 0 Å². The highest BCUT2D eigenvalue weighted by molar-refractivity contribution is 6.32. The molecule has 0 unspecified atom stereocenters. The van der Waals surface area contributed by atoms with Crippen molar-refractivity contribution in [2.75, 3.05) is 24.9 Å². The van der Waals surface area contributed by atoms with Gasteiger partial charge >= 0.3 is 0 Å². The number of benzene rings is 2. The predicted molar refractivity (Wildman–Crippen MR) is 105 cm³/mol. The standard InChI is InChI=1S/C18H16Cl2N4O2/c1-25-15-10-14(16(26-2)9-13(15)20)23-17-7-8-21-18(24-17)22-12-5-3-11(19)4-6-12/h3-10H,1-2H3,(H2,21,22,23,24). The van der Waals surface area contributed by atoms with E-state index in [9.17, 15) is 0 Å². The van der Waals surface area contributed by atoms with Gasteiger partial charge in [0, 0.05) is 29.0 Å². The Hall–Kier alpha value is -2.70. The van der Waals surface area contributed by atoms with Gasteiger partial charge in [0.1, 0.15) is 17.3 Å². The van der Waals surface area contributed by atoms with E-state index in [1.165, 1.54) is 0 Å². The predicted octanol–water partition coefficient (Wildman–Crippen LogP) is 5.29. The first kappa shape index (κ1) is 18.1. The molecule has 0 saturated carbocycles. The largest absolute Gasteiger partial charge is 0.495 e. The van der Waals surface area contributed by atoms with E-state index in [0.29, 0.717) is 39.0 Å². The van der Waals surface area contributed by atoms with Crippen LogP contribution in [0.2, 0.25) is 10.0 Å². The average Bonchev–Trinajstić information content (AvgIpc) is 2.65. The molecule has 26 heavy (non-hydrogen) atoms. The Morgan fingerprint density at radius 3 is 2.31 bits per heavy atom. The van der Waals surface area contributed by atoms with Gasteiger partial charge in [0.2, 0.25) is 5.95 Å². The van der Waals surface area contributed by atoms with E-state index >= 15 is 0 Å². The maximum atomic E-state index is 6.13. The molecule has 3 aromatic rings. The smallest absolute Gasteiger partial charge is 0.229 e. The number of nitrogens with one attached hydrogen (secondary N) is 2. The Bertz CT molecular complexity index is 904. The summed E-state index contributed by atoms with van der Waals surface area (Å²) in [7, 11) is 3.12. The first-order valence-corrected chi connectivity index (χ1v) is 8.39. The SMILES string of the molecule is COc1cc(Nc2ccnc(Nc3ccc(Cl)cc3)n2)c(OC)cc1Cl. The van der Waals surface area contributed by atoms with Crippen LogP contribution in [0.4, 0.5) is 23.1 Å². The van der Waals surface area contributed by atoms with Gasteiger partial charge in [-0.05, 0) is 30.3 Å². The van der Waals surface area contributed by atoms with Crippen molar-refractivity contribution in [3.05, 3.63) is 58.7 Å². The minimum absolute atomic E-state index is 0.442. The van der Waals surface area contributed by atoms with E-state index in [1.54, 1.807) is 50.7 Å². The van der Waals surface area contributed by atoms with Crippen LogP contribution < -0.4 is 20.1 Å². The fourth-order valence-corrected chi connectivity index (χ4v) is 2.60. The first-order chi connectivity index (χ1) is 12.6. The molecule has 134 valence electrons. The molecule has 8 heteroatoms. The summed E-state index contributed by atoms with van der Waals surface area (Å²) in [4.78, 5) is 8.66. The molecule has 0 saturated heterocycles. The zero-order valence-corrected chi connectivity index (χ0v) is 15.6. The van der Waals surface area contributed by atoms with Crippen molar-refractivity contribution >= 4 is 46.3 Å². The van der Waals surface area contributed by atoms with Crippen molar-refractivity contribution in [1.29, 1.82) is 0 Å². The van der Waals surface area contributed by atoms with Crippen molar-refractivity contribution in [3.63, 3.8) is 0 Å². The Morgan fingerprint density at radius 1 is 0.885 bits per heavy atom. The summed E-state index contributed by atoms with van der Waals surface area (Å²) in [6.07, 6.45) is 1.65. The summed E-state index contributed by atoms with van der Waals surface area (Å²) >= 11 is 12.0. The van der Waals surface area contributed by atoms with E-state index in [0.717, 1.165) is 5.69 Å². The summed E-state index contributed by atoms with van der Waals surface area (Å²) < 4.78 is 10.6. The molecule has 1 heterocycles. The molecule has 0 aliphatic carbocycles. The van der Waals surface area contributed by atoms with Crippen molar-refractivity contribution in [1.82, 2.24) is 9.97 Å². The van der Waals surface area contributed by atoms with Crippen LogP contribution >= 0.6 is 23.2 Å². The molecular weight excluding hydrogens is 375 g/mol. The van der Waals surface area contributed by atoms with Crippen LogP contribution in [0.3, 0.4) is 0 Å². The minimum Gasteiger partial charge on any atom is -0.495 e. The summed E-state index contributed by atoms with van der Waals surface area (Å²) in [5.74, 6) is 2.13. The van der Waals surface area contributed by atoms with Crippen LogP contribution in [0, 0.1) is 0 Å². The summed E-state index contributed by atoms with van der Waals surface area (Å²) in [6, 6.07) is 12.4. The van der Waals surface area contributed by atoms with Crippen molar-refractivity contribution in [3.8, 4) is 11.5 Å². The fraction of sp³-hybridized carbons (Fsp3) is 0.111. The average molecular weight is 391 g/mol. The highest BCUT2D eigenvalue weighted by Gasteiger charge is 2.11. The maximum absolute atomic E-state index is 6.13. The summed E-state index contributed by atoms with van der Waals surface area (Å²) in [5, 5.41) is 7.43. The van der Waals surface area contributed by atoms with Gasteiger partial charge in [-0.25, -0.2) is 4.98 Å². The van der Waals surface area contributed by atoms with Crippen LogP contribution in [0.5, 0.6) is 11.5 Å². The lowest BCUT2D eigenvalue weighted by atomic mass is 10.2. The lowest BCUT2D eigenvalue weighted by Crippen LogP contribution is -2.01. The van der Waals surface area contributed by atoms with E-state index < -0.39 is 0 Å². The van der Waals surface area contributed by atoms with Gasteiger partial charge in [-0.2, -0.15) is 4.98 Å². The van der Waals surface area contributed by atoms with Gasteiger partial charge < -0.3 is 20.1 Å². The summed E-state index contributed by atoms with van der Waals surface area (Å²) in [5.41, 5.74) is 1.50. The van der Waals surface area contributed by atoms with Gasteiger partial charge in [-0.3, -0.25) is 0 Å². The molecule has 0 spiro atoms. The highest BCUT2D eigenvalue weighted by atomic mass is 35.5. The van der Waals surface area contributed by atoms with Crippen LogP contribution in [0.1, 0.15) is 0 Å². The van der Waals surface area contributed by atoms with Gasteiger partial charge in [0.05, 0.1) is 24.9 Å². The number of nitrogens with zero attached hydrogens (tertiary/aromatic N) is 2. The molecule has 2 aromatic carbocycles. The molecule has 0 aliphatic rings. The Balaban J connectivity index is 1.83. The molecule has 2 N–H and O–H groups in total. The van der Waals surface area contributed by atoms with Crippen LogP contribution in [-0.4, -0.2) is 24.2 Å². The van der Waals surface area contributed by atoms with E-state index in [2.05, 4.69) is 20.6 Å². The monoisotopic (exact) mass is 390 g/mol. The Kier molecular flexibility index (Phi) is 5.65. The number of hydrogen-bond acceptors (Lipinski definition) is 6. The van der Waals surface area contributed by atoms with Crippen LogP contribution in [0.25, 0.3) is 0 Å². The van der Waals surface area contributed by atoms with Gasteiger partial charge in [-0.1, -0.05) is 23.2 Å². The summed E-state index contributed by atoms with van der Waals surface area (Å²) in [6.45, 7) is 0. The molecular formula is C18H16Cl2N4O2. The number of ether oxygens (including phenoxy) is 2. The minimum atomic E-state index is 0.442. The molecule has 1 aromatic heterocycles. The Morgan fingerprint density at radius 2 is 1.62 bits per heavy atom. The van der Waals surface area contributed by atoms with Crippen LogP contribution in [0.15, 0.2) is 48.7 Å². The van der Waals surface area contributed by atoms with Crippen molar-refractivity contribution < 1.29 is 9.47 Å². The molecule has 0 fully saturated rings. The van der Waals surface area contributed by atoms with E-state index in [-0.39, 0.29) is 0 Å². The third-order valence-corrected chi connectivity index (χ3v) is 4.04.